The van der Waals surface area contributed by atoms with Crippen molar-refractivity contribution in [2.45, 2.75) is 19.5 Å². The van der Waals surface area contributed by atoms with E-state index < -0.39 is 0 Å². The molecule has 0 N–H and O–H groups in total. The van der Waals surface area contributed by atoms with Gasteiger partial charge in [0.05, 0.1) is 4.92 Å². The quantitative estimate of drug-likeness (QED) is 0.405. The number of carbonyl (C=O) groups excluding carboxylic acids is 1. The van der Waals surface area contributed by atoms with E-state index in [0.717, 1.165) is 48.7 Å². The highest BCUT2D eigenvalue weighted by atomic mass is 16.6. The zero-order chi connectivity index (χ0) is 18.1. The predicted octanol–water partition coefficient (Wildman–Crippen LogP) is 4.12. The summed E-state index contributed by atoms with van der Waals surface area (Å²) in [6, 6.07) is 17.1. The molecule has 3 aromatic carbocycles. The third-order valence-electron chi connectivity index (χ3n) is 4.96. The van der Waals surface area contributed by atoms with Crippen molar-refractivity contribution in [3.8, 4) is 0 Å². The maximum absolute atomic E-state index is 11.0. The normalized spacial score (nSPS) is 14.2. The molecule has 0 saturated carbocycles. The highest BCUT2D eigenvalue weighted by Gasteiger charge is 2.19. The number of aldehydes is 1. The number of rotatable bonds is 4. The van der Waals surface area contributed by atoms with Gasteiger partial charge in [-0.2, -0.15) is 0 Å². The van der Waals surface area contributed by atoms with Crippen LogP contribution < -0.4 is 0 Å². The van der Waals surface area contributed by atoms with Crippen LogP contribution in [0.15, 0.2) is 54.6 Å². The standard InChI is InChI=1S/C21H18N2O3/c24-14-16-2-4-18-9-15(1-3-19(18)10-16)12-22-8-7-17-5-6-21(23(25)26)11-20(17)13-22/h1-6,9-11,14H,7-8,12-13H2. The topological polar surface area (TPSA) is 63.5 Å². The fourth-order valence-electron chi connectivity index (χ4n) is 3.59. The van der Waals surface area contributed by atoms with Crippen molar-refractivity contribution in [3.63, 3.8) is 0 Å². The van der Waals surface area contributed by atoms with Gasteiger partial charge in [-0.3, -0.25) is 19.8 Å². The monoisotopic (exact) mass is 346 g/mol. The van der Waals surface area contributed by atoms with E-state index in [9.17, 15) is 14.9 Å². The second-order valence-corrected chi connectivity index (χ2v) is 6.73. The maximum atomic E-state index is 11.0. The van der Waals surface area contributed by atoms with E-state index >= 15 is 0 Å². The molecule has 5 heteroatoms. The van der Waals surface area contributed by atoms with E-state index in [1.165, 1.54) is 11.1 Å². The van der Waals surface area contributed by atoms with Crippen LogP contribution in [0.5, 0.6) is 0 Å². The van der Waals surface area contributed by atoms with Crippen molar-refractivity contribution in [1.29, 1.82) is 0 Å². The molecule has 0 radical (unpaired) electrons. The van der Waals surface area contributed by atoms with Gasteiger partial charge in [-0.05, 0) is 46.0 Å². The van der Waals surface area contributed by atoms with Gasteiger partial charge in [0.15, 0.2) is 0 Å². The first-order chi connectivity index (χ1) is 12.6. The van der Waals surface area contributed by atoms with Crippen LogP contribution in [0, 0.1) is 10.1 Å². The number of nitro groups is 1. The zero-order valence-electron chi connectivity index (χ0n) is 14.2. The number of hydrogen-bond acceptors (Lipinski definition) is 4. The van der Waals surface area contributed by atoms with Crippen LogP contribution in [-0.2, 0) is 19.5 Å². The molecule has 0 spiro atoms. The van der Waals surface area contributed by atoms with Crippen molar-refractivity contribution >= 4 is 22.7 Å². The first kappa shape index (κ1) is 16.4. The molecule has 3 aromatic rings. The van der Waals surface area contributed by atoms with Crippen molar-refractivity contribution < 1.29 is 9.72 Å². The second-order valence-electron chi connectivity index (χ2n) is 6.73. The van der Waals surface area contributed by atoms with Crippen LogP contribution in [0.4, 0.5) is 5.69 Å². The largest absolute Gasteiger partial charge is 0.298 e. The molecule has 0 unspecified atom stereocenters. The molecule has 1 heterocycles. The Labute approximate surface area is 151 Å². The molecule has 0 saturated heterocycles. The molecule has 0 amide bonds. The smallest absolute Gasteiger partial charge is 0.269 e. The first-order valence-electron chi connectivity index (χ1n) is 8.59. The summed E-state index contributed by atoms with van der Waals surface area (Å²) in [5.41, 5.74) is 4.28. The Bertz CT molecular complexity index is 1010. The van der Waals surface area contributed by atoms with Crippen LogP contribution in [0.2, 0.25) is 0 Å². The first-order valence-corrected chi connectivity index (χ1v) is 8.59. The number of carbonyl (C=O) groups is 1. The number of nitro benzene ring substituents is 1. The van der Waals surface area contributed by atoms with Gasteiger partial charge in [0.2, 0.25) is 0 Å². The van der Waals surface area contributed by atoms with Gasteiger partial charge in [-0.15, -0.1) is 0 Å². The zero-order valence-corrected chi connectivity index (χ0v) is 14.2. The van der Waals surface area contributed by atoms with E-state index in [0.29, 0.717) is 5.56 Å². The summed E-state index contributed by atoms with van der Waals surface area (Å²) in [6.07, 6.45) is 1.77. The summed E-state index contributed by atoms with van der Waals surface area (Å²) in [5, 5.41) is 13.2. The molecular weight excluding hydrogens is 328 g/mol. The van der Waals surface area contributed by atoms with E-state index in [1.807, 2.05) is 30.3 Å². The van der Waals surface area contributed by atoms with Crippen molar-refractivity contribution in [3.05, 3.63) is 87.0 Å². The van der Waals surface area contributed by atoms with Crippen LogP contribution >= 0.6 is 0 Å². The Kier molecular flexibility index (Phi) is 4.22. The molecule has 4 rings (SSSR count). The third-order valence-corrected chi connectivity index (χ3v) is 4.96. The Morgan fingerprint density at radius 1 is 1.00 bits per heavy atom. The van der Waals surface area contributed by atoms with E-state index in [4.69, 9.17) is 0 Å². The molecule has 26 heavy (non-hydrogen) atoms. The van der Waals surface area contributed by atoms with E-state index in [1.54, 1.807) is 12.1 Å². The number of fused-ring (bicyclic) bond motifs is 2. The summed E-state index contributed by atoms with van der Waals surface area (Å²) in [7, 11) is 0. The molecule has 0 fully saturated rings. The Balaban J connectivity index is 1.54. The van der Waals surface area contributed by atoms with Crippen LogP contribution in [0.1, 0.15) is 27.0 Å². The Morgan fingerprint density at radius 3 is 2.62 bits per heavy atom. The average molecular weight is 346 g/mol. The summed E-state index contributed by atoms with van der Waals surface area (Å²) in [5.74, 6) is 0. The predicted molar refractivity (Wildman–Crippen MR) is 100 cm³/mol. The van der Waals surface area contributed by atoms with Crippen molar-refractivity contribution in [2.75, 3.05) is 6.54 Å². The van der Waals surface area contributed by atoms with Crippen LogP contribution in [-0.4, -0.2) is 22.7 Å². The van der Waals surface area contributed by atoms with Gasteiger partial charge < -0.3 is 0 Å². The van der Waals surface area contributed by atoms with Crippen LogP contribution in [0.25, 0.3) is 10.8 Å². The molecule has 1 aliphatic rings. The highest BCUT2D eigenvalue weighted by Crippen LogP contribution is 2.25. The number of benzene rings is 3. The molecule has 0 bridgehead atoms. The van der Waals surface area contributed by atoms with Gasteiger partial charge in [-0.25, -0.2) is 0 Å². The summed E-state index contributed by atoms with van der Waals surface area (Å²) >= 11 is 0. The van der Waals surface area contributed by atoms with Gasteiger partial charge in [0.25, 0.3) is 5.69 Å². The fraction of sp³-hybridized carbons (Fsp3) is 0.190. The second kappa shape index (κ2) is 6.69. The molecule has 1 aliphatic heterocycles. The van der Waals surface area contributed by atoms with Crippen molar-refractivity contribution in [2.24, 2.45) is 0 Å². The third kappa shape index (κ3) is 3.21. The minimum Gasteiger partial charge on any atom is -0.298 e. The molecular formula is C21H18N2O3. The molecule has 5 nitrogen and oxygen atoms in total. The molecule has 0 aromatic heterocycles. The maximum Gasteiger partial charge on any atom is 0.269 e. The van der Waals surface area contributed by atoms with Gasteiger partial charge in [0, 0.05) is 37.3 Å². The lowest BCUT2D eigenvalue weighted by molar-refractivity contribution is -0.385. The lowest BCUT2D eigenvalue weighted by Gasteiger charge is -2.28. The van der Waals surface area contributed by atoms with E-state index in [2.05, 4.69) is 17.0 Å². The van der Waals surface area contributed by atoms with Gasteiger partial charge in [-0.1, -0.05) is 30.3 Å². The van der Waals surface area contributed by atoms with Crippen molar-refractivity contribution in [1.82, 2.24) is 4.90 Å². The lowest BCUT2D eigenvalue weighted by Crippen LogP contribution is -2.30. The fourth-order valence-corrected chi connectivity index (χ4v) is 3.59. The Morgan fingerprint density at radius 2 is 1.81 bits per heavy atom. The average Bonchev–Trinajstić information content (AvgIpc) is 2.67. The molecule has 130 valence electrons. The van der Waals surface area contributed by atoms with Gasteiger partial charge >= 0.3 is 0 Å². The molecule has 0 aliphatic carbocycles. The Hall–Kier alpha value is -3.05. The summed E-state index contributed by atoms with van der Waals surface area (Å²) in [6.45, 7) is 2.46. The minimum atomic E-state index is -0.337. The highest BCUT2D eigenvalue weighted by molar-refractivity contribution is 5.89. The molecule has 0 atom stereocenters. The number of non-ortho nitro benzene ring substituents is 1. The SMILES string of the molecule is O=Cc1ccc2cc(CN3CCc4ccc([N+](=O)[O-])cc4C3)ccc2c1. The van der Waals surface area contributed by atoms with Crippen LogP contribution in [0.3, 0.4) is 0 Å². The van der Waals surface area contributed by atoms with Gasteiger partial charge in [0.1, 0.15) is 6.29 Å². The summed E-state index contributed by atoms with van der Waals surface area (Å²) in [4.78, 5) is 23.9. The minimum absolute atomic E-state index is 0.155. The number of hydrogen-bond donors (Lipinski definition) is 0. The lowest BCUT2D eigenvalue weighted by atomic mass is 9.98. The summed E-state index contributed by atoms with van der Waals surface area (Å²) < 4.78 is 0. The number of nitrogens with zero attached hydrogens (tertiary/aromatic N) is 2. The van der Waals surface area contributed by atoms with E-state index in [-0.39, 0.29) is 10.6 Å².